The number of hydrogen-bond donors (Lipinski definition) is 3. The van der Waals surface area contributed by atoms with Gasteiger partial charge in [0.1, 0.15) is 29.9 Å². The summed E-state index contributed by atoms with van der Waals surface area (Å²) in [4.78, 5) is 45.8. The average molecular weight is 546 g/mol. The number of aromatic amines is 3. The second-order valence-electron chi connectivity index (χ2n) is 7.85. The molecule has 0 unspecified atom stereocenters. The van der Waals surface area contributed by atoms with Gasteiger partial charge in [-0.2, -0.15) is 15.4 Å². The number of nitrogens with one attached hydrogen (secondary N) is 3. The number of aryl methyl sites for hydroxylation is 7. The summed E-state index contributed by atoms with van der Waals surface area (Å²) in [5.41, 5.74) is 2.36. The minimum Gasteiger partial charge on any atom is -0.472 e. The van der Waals surface area contributed by atoms with E-state index in [1.54, 1.807) is 41.5 Å². The highest BCUT2D eigenvalue weighted by Gasteiger charge is 1.94. The van der Waals surface area contributed by atoms with Gasteiger partial charge in [-0.05, 0) is 48.5 Å². The third-order valence-corrected chi connectivity index (χ3v) is 4.28. The van der Waals surface area contributed by atoms with Crippen molar-refractivity contribution in [3.05, 3.63) is 124 Å². The predicted octanol–water partition coefficient (Wildman–Crippen LogP) is 3.82. The van der Waals surface area contributed by atoms with Gasteiger partial charge in [0.25, 0.3) is 11.1 Å². The van der Waals surface area contributed by atoms with Crippen molar-refractivity contribution in [1.82, 2.24) is 25.5 Å². The Balaban J connectivity index is 0.000000463. The number of H-pyrrole nitrogens is 3. The van der Waals surface area contributed by atoms with Crippen LogP contribution in [0.5, 0.6) is 0 Å². The molecule has 5 aromatic heterocycles. The van der Waals surface area contributed by atoms with E-state index in [4.69, 9.17) is 8.83 Å². The summed E-state index contributed by atoms with van der Waals surface area (Å²) in [6.45, 7) is 12.2. The number of aromatic nitrogens is 5. The lowest BCUT2D eigenvalue weighted by Crippen LogP contribution is -2.06. The molecule has 0 aromatic carbocycles. The summed E-state index contributed by atoms with van der Waals surface area (Å²) < 4.78 is 18.7. The van der Waals surface area contributed by atoms with E-state index in [0.29, 0.717) is 33.8 Å². The zero-order valence-electron chi connectivity index (χ0n) is 22.2. The third-order valence-electron chi connectivity index (χ3n) is 4.28. The first-order valence-electron chi connectivity index (χ1n) is 11.1. The van der Waals surface area contributed by atoms with Crippen LogP contribution < -0.4 is 22.0 Å². The van der Waals surface area contributed by atoms with Gasteiger partial charge in [-0.15, -0.1) is 0 Å². The van der Waals surface area contributed by atoms with Crippen molar-refractivity contribution in [1.29, 1.82) is 0 Å². The van der Waals surface area contributed by atoms with Gasteiger partial charge in [0.15, 0.2) is 10.9 Å². The van der Waals surface area contributed by atoms with Crippen molar-refractivity contribution < 1.29 is 17.9 Å². The van der Waals surface area contributed by atoms with Crippen molar-refractivity contribution in [2.75, 3.05) is 0 Å². The first kappa shape index (κ1) is 34.1. The van der Waals surface area contributed by atoms with Crippen LogP contribution >= 0.6 is 0 Å². The van der Waals surface area contributed by atoms with Crippen LogP contribution in [0.2, 0.25) is 0 Å². The standard InChI is InChI=1S/2C7H8O2.2C4H5NO2.C3H5N3.CH4/c1-5-4-9-6(2)3-7(5)8;1-5-3-9-4-6(2)7(5)8;1-3-2-7-5-4(3)6;1-3-2-4(6)5-7-3;1-3-4-2-5-6-3;/h2*3-4H,1-2H3;2*2H,1H3,(H,5,6);2H,1H3,(H,4,5,6);1H4. The number of hydrogen-bond acceptors (Lipinski definition) is 10. The van der Waals surface area contributed by atoms with Gasteiger partial charge in [-0.3, -0.25) is 24.3 Å². The Morgan fingerprint density at radius 1 is 0.718 bits per heavy atom. The Kier molecular flexibility index (Phi) is 15.3. The van der Waals surface area contributed by atoms with Crippen LogP contribution in [0.25, 0.3) is 0 Å². The molecule has 0 aliphatic carbocycles. The fourth-order valence-electron chi connectivity index (χ4n) is 2.17. The minimum atomic E-state index is -0.183. The molecule has 39 heavy (non-hydrogen) atoms. The van der Waals surface area contributed by atoms with Crippen LogP contribution in [0.15, 0.2) is 80.6 Å². The normalized spacial score (nSPS) is 9.10. The Morgan fingerprint density at radius 3 is 1.62 bits per heavy atom. The molecule has 0 aliphatic heterocycles. The zero-order chi connectivity index (χ0) is 28.7. The maximum absolute atomic E-state index is 10.9. The molecule has 0 spiro atoms. The van der Waals surface area contributed by atoms with E-state index in [-0.39, 0.29) is 29.4 Å². The van der Waals surface area contributed by atoms with Gasteiger partial charge in [-0.25, -0.2) is 4.98 Å². The Labute approximate surface area is 223 Å². The lowest BCUT2D eigenvalue weighted by Gasteiger charge is -1.89. The fourth-order valence-corrected chi connectivity index (χ4v) is 2.17. The molecular formula is C26H35N5O8. The smallest absolute Gasteiger partial charge is 0.282 e. The fraction of sp³-hybridized carbons (Fsp3) is 0.308. The lowest BCUT2D eigenvalue weighted by atomic mass is 10.2. The van der Waals surface area contributed by atoms with Crippen LogP contribution in [0.4, 0.5) is 0 Å². The summed E-state index contributed by atoms with van der Waals surface area (Å²) in [5, 5.41) is 10.5. The molecule has 0 atom stereocenters. The highest BCUT2D eigenvalue weighted by Crippen LogP contribution is 1.93. The molecular weight excluding hydrogens is 510 g/mol. The molecule has 3 N–H and O–H groups in total. The highest BCUT2D eigenvalue weighted by atomic mass is 16.5. The molecule has 0 saturated carbocycles. The quantitative estimate of drug-likeness (QED) is 0.257. The zero-order valence-corrected chi connectivity index (χ0v) is 22.2. The predicted molar refractivity (Wildman–Crippen MR) is 145 cm³/mol. The van der Waals surface area contributed by atoms with E-state index in [1.807, 2.05) is 6.92 Å². The Bertz CT molecular complexity index is 1560. The van der Waals surface area contributed by atoms with Gasteiger partial charge < -0.3 is 17.9 Å². The lowest BCUT2D eigenvalue weighted by molar-refractivity contribution is 0.392. The van der Waals surface area contributed by atoms with E-state index in [1.165, 1.54) is 43.5 Å². The summed E-state index contributed by atoms with van der Waals surface area (Å²) in [5.74, 6) is 2.13. The van der Waals surface area contributed by atoms with E-state index in [9.17, 15) is 19.2 Å². The largest absolute Gasteiger partial charge is 0.472 e. The van der Waals surface area contributed by atoms with Gasteiger partial charge in [0.2, 0.25) is 0 Å². The second kappa shape index (κ2) is 17.5. The molecule has 5 rings (SSSR count). The number of rotatable bonds is 0. The number of nitrogens with zero attached hydrogens (tertiary/aromatic N) is 2. The van der Waals surface area contributed by atoms with Gasteiger partial charge >= 0.3 is 0 Å². The molecule has 5 aromatic rings. The van der Waals surface area contributed by atoms with E-state index < -0.39 is 0 Å². The topological polar surface area (TPSA) is 194 Å². The molecule has 0 amide bonds. The second-order valence-corrected chi connectivity index (χ2v) is 7.85. The van der Waals surface area contributed by atoms with E-state index >= 15 is 0 Å². The van der Waals surface area contributed by atoms with Crippen molar-refractivity contribution in [3.8, 4) is 0 Å². The SMILES string of the molecule is C.Cc1cc(=O)[nH]o1.Cc1cc(=O)c(C)co1.Cc1co[nH]c1=O.Cc1cocc(C)c1=O.Cc1ncn[nH]1. The average Bonchev–Trinajstić information content (AvgIpc) is 3.60. The van der Waals surface area contributed by atoms with Crippen molar-refractivity contribution in [2.24, 2.45) is 0 Å². The molecule has 0 aliphatic rings. The molecule has 212 valence electrons. The molecule has 0 fully saturated rings. The van der Waals surface area contributed by atoms with Crippen LogP contribution in [-0.2, 0) is 0 Å². The van der Waals surface area contributed by atoms with Gasteiger partial charge in [-0.1, -0.05) is 7.43 Å². The molecule has 5 heterocycles. The van der Waals surface area contributed by atoms with Crippen LogP contribution in [0.3, 0.4) is 0 Å². The minimum absolute atomic E-state index is 0. The first-order valence-corrected chi connectivity index (χ1v) is 11.1. The molecule has 0 bridgehead atoms. The van der Waals surface area contributed by atoms with Crippen molar-refractivity contribution >= 4 is 0 Å². The van der Waals surface area contributed by atoms with Gasteiger partial charge in [0.05, 0.1) is 24.4 Å². The maximum atomic E-state index is 10.9. The first-order chi connectivity index (χ1) is 17.9. The highest BCUT2D eigenvalue weighted by molar-refractivity contribution is 5.12. The Morgan fingerprint density at radius 2 is 1.36 bits per heavy atom. The van der Waals surface area contributed by atoms with E-state index in [0.717, 1.165) is 5.82 Å². The summed E-state index contributed by atoms with van der Waals surface area (Å²) in [7, 11) is 0. The van der Waals surface area contributed by atoms with Crippen LogP contribution in [0.1, 0.15) is 47.0 Å². The monoisotopic (exact) mass is 545 g/mol. The van der Waals surface area contributed by atoms with Gasteiger partial charge in [0, 0.05) is 28.8 Å². The summed E-state index contributed by atoms with van der Waals surface area (Å²) >= 11 is 0. The third kappa shape index (κ3) is 13.8. The molecule has 13 heteroatoms. The summed E-state index contributed by atoms with van der Waals surface area (Å²) in [6.07, 6.45) is 7.24. The maximum Gasteiger partial charge on any atom is 0.282 e. The van der Waals surface area contributed by atoms with E-state index in [2.05, 4.69) is 34.5 Å². The summed E-state index contributed by atoms with van der Waals surface area (Å²) in [6, 6.07) is 2.87. The molecule has 0 saturated heterocycles. The van der Waals surface area contributed by atoms with Crippen LogP contribution in [-0.4, -0.2) is 25.5 Å². The van der Waals surface area contributed by atoms with Crippen molar-refractivity contribution in [2.45, 2.75) is 55.9 Å². The molecule has 13 nitrogen and oxygen atoms in total. The van der Waals surface area contributed by atoms with Crippen LogP contribution in [0, 0.1) is 48.5 Å². The Hall–Kier alpha value is -4.94. The molecule has 0 radical (unpaired) electrons. The van der Waals surface area contributed by atoms with Crippen molar-refractivity contribution in [3.63, 3.8) is 0 Å².